The summed E-state index contributed by atoms with van der Waals surface area (Å²) >= 11 is 1.59. The SMILES string of the molecule is CC(C)NC(C#N)(CSc1ccccn1)c1ccccc1. The molecule has 4 heteroatoms. The molecule has 0 fully saturated rings. The molecule has 1 aromatic heterocycles. The van der Waals surface area contributed by atoms with Crippen LogP contribution in [0.1, 0.15) is 19.4 Å². The van der Waals surface area contributed by atoms with Gasteiger partial charge in [-0.2, -0.15) is 5.26 Å². The third kappa shape index (κ3) is 4.07. The zero-order valence-electron chi connectivity index (χ0n) is 12.3. The molecular weight excluding hydrogens is 278 g/mol. The van der Waals surface area contributed by atoms with Gasteiger partial charge in [0, 0.05) is 18.0 Å². The lowest BCUT2D eigenvalue weighted by atomic mass is 9.92. The van der Waals surface area contributed by atoms with Gasteiger partial charge in [0.2, 0.25) is 0 Å². The van der Waals surface area contributed by atoms with Gasteiger partial charge in [-0.15, -0.1) is 11.8 Å². The van der Waals surface area contributed by atoms with Crippen LogP contribution in [0.3, 0.4) is 0 Å². The first-order chi connectivity index (χ1) is 10.2. The van der Waals surface area contributed by atoms with E-state index in [1.165, 1.54) is 0 Å². The molecule has 2 aromatic rings. The molecule has 1 aromatic carbocycles. The number of thioether (sulfide) groups is 1. The normalized spacial score (nSPS) is 13.6. The summed E-state index contributed by atoms with van der Waals surface area (Å²) in [5.74, 6) is 0.614. The lowest BCUT2D eigenvalue weighted by Gasteiger charge is -2.30. The van der Waals surface area contributed by atoms with Crippen LogP contribution in [0, 0.1) is 11.3 Å². The van der Waals surface area contributed by atoms with Gasteiger partial charge in [0.15, 0.2) is 0 Å². The van der Waals surface area contributed by atoms with E-state index in [1.807, 2.05) is 48.5 Å². The third-order valence-corrected chi connectivity index (χ3v) is 4.18. The van der Waals surface area contributed by atoms with Gasteiger partial charge in [-0.1, -0.05) is 36.4 Å². The second-order valence-corrected chi connectivity index (χ2v) is 6.13. The smallest absolute Gasteiger partial charge is 0.141 e. The van der Waals surface area contributed by atoms with E-state index in [0.717, 1.165) is 10.6 Å². The Bertz CT molecular complexity index is 592. The molecule has 0 amide bonds. The quantitative estimate of drug-likeness (QED) is 0.828. The highest BCUT2D eigenvalue weighted by atomic mass is 32.2. The molecule has 1 heterocycles. The zero-order valence-corrected chi connectivity index (χ0v) is 13.1. The van der Waals surface area contributed by atoms with E-state index < -0.39 is 5.54 Å². The maximum absolute atomic E-state index is 9.81. The Balaban J connectivity index is 2.26. The van der Waals surface area contributed by atoms with Gasteiger partial charge in [0.25, 0.3) is 0 Å². The molecule has 0 aliphatic carbocycles. The number of benzene rings is 1. The fraction of sp³-hybridized carbons (Fsp3) is 0.294. The van der Waals surface area contributed by atoms with Crippen LogP contribution in [0.5, 0.6) is 0 Å². The topological polar surface area (TPSA) is 48.7 Å². The molecule has 3 nitrogen and oxygen atoms in total. The van der Waals surface area contributed by atoms with E-state index in [0.29, 0.717) is 5.75 Å². The van der Waals surface area contributed by atoms with Crippen LogP contribution >= 0.6 is 11.8 Å². The van der Waals surface area contributed by atoms with E-state index in [4.69, 9.17) is 0 Å². The van der Waals surface area contributed by atoms with Crippen molar-refractivity contribution in [2.75, 3.05) is 5.75 Å². The first kappa shape index (κ1) is 15.6. The Morgan fingerprint density at radius 2 is 1.90 bits per heavy atom. The number of nitrogens with zero attached hydrogens (tertiary/aromatic N) is 2. The molecule has 1 N–H and O–H groups in total. The van der Waals surface area contributed by atoms with Crippen molar-refractivity contribution in [3.63, 3.8) is 0 Å². The molecule has 1 unspecified atom stereocenters. The van der Waals surface area contributed by atoms with Crippen LogP contribution in [-0.2, 0) is 5.54 Å². The Morgan fingerprint density at radius 1 is 1.19 bits per heavy atom. The van der Waals surface area contributed by atoms with E-state index in [-0.39, 0.29) is 6.04 Å². The average Bonchev–Trinajstić information content (AvgIpc) is 2.53. The molecule has 1 atom stereocenters. The summed E-state index contributed by atoms with van der Waals surface area (Å²) in [6.07, 6.45) is 1.77. The highest BCUT2D eigenvalue weighted by molar-refractivity contribution is 7.99. The fourth-order valence-electron chi connectivity index (χ4n) is 2.17. The average molecular weight is 297 g/mol. The minimum atomic E-state index is -0.711. The van der Waals surface area contributed by atoms with Crippen molar-refractivity contribution < 1.29 is 0 Å². The maximum Gasteiger partial charge on any atom is 0.141 e. The molecular formula is C17H19N3S. The number of hydrogen-bond donors (Lipinski definition) is 1. The summed E-state index contributed by atoms with van der Waals surface area (Å²) in [5, 5.41) is 14.2. The molecule has 108 valence electrons. The number of pyridine rings is 1. The maximum atomic E-state index is 9.81. The van der Waals surface area contributed by atoms with Crippen LogP contribution in [0.2, 0.25) is 0 Å². The summed E-state index contributed by atoms with van der Waals surface area (Å²) in [4.78, 5) is 4.31. The van der Waals surface area contributed by atoms with E-state index in [9.17, 15) is 5.26 Å². The highest BCUT2D eigenvalue weighted by Gasteiger charge is 2.33. The van der Waals surface area contributed by atoms with Crippen LogP contribution in [0.4, 0.5) is 0 Å². The Hall–Kier alpha value is -1.83. The van der Waals surface area contributed by atoms with Crippen molar-refractivity contribution in [2.24, 2.45) is 0 Å². The van der Waals surface area contributed by atoms with E-state index in [1.54, 1.807) is 18.0 Å². The zero-order chi connectivity index (χ0) is 15.1. The van der Waals surface area contributed by atoms with Gasteiger partial charge in [-0.25, -0.2) is 4.98 Å². The van der Waals surface area contributed by atoms with Gasteiger partial charge < -0.3 is 0 Å². The monoisotopic (exact) mass is 297 g/mol. The van der Waals surface area contributed by atoms with Crippen molar-refractivity contribution in [2.45, 2.75) is 30.5 Å². The van der Waals surface area contributed by atoms with Crippen LogP contribution < -0.4 is 5.32 Å². The van der Waals surface area contributed by atoms with Gasteiger partial charge in [-0.05, 0) is 31.5 Å². The first-order valence-corrected chi connectivity index (χ1v) is 7.93. The van der Waals surface area contributed by atoms with Gasteiger partial charge in [0.05, 0.1) is 11.1 Å². The third-order valence-electron chi connectivity index (χ3n) is 3.07. The molecule has 0 spiro atoms. The fourth-order valence-corrected chi connectivity index (χ4v) is 3.16. The Kier molecular flexibility index (Phi) is 5.38. The number of hydrogen-bond acceptors (Lipinski definition) is 4. The van der Waals surface area contributed by atoms with Gasteiger partial charge in [0.1, 0.15) is 5.54 Å². The van der Waals surface area contributed by atoms with E-state index in [2.05, 4.69) is 30.2 Å². The second-order valence-electron chi connectivity index (χ2n) is 5.14. The Morgan fingerprint density at radius 3 is 2.48 bits per heavy atom. The molecule has 0 aliphatic rings. The van der Waals surface area contributed by atoms with Crippen molar-refractivity contribution >= 4 is 11.8 Å². The number of aromatic nitrogens is 1. The van der Waals surface area contributed by atoms with Crippen molar-refractivity contribution in [3.8, 4) is 6.07 Å². The second kappa shape index (κ2) is 7.26. The molecule has 21 heavy (non-hydrogen) atoms. The molecule has 0 aliphatic heterocycles. The van der Waals surface area contributed by atoms with E-state index >= 15 is 0 Å². The van der Waals surface area contributed by atoms with Gasteiger partial charge in [-0.3, -0.25) is 5.32 Å². The highest BCUT2D eigenvalue weighted by Crippen LogP contribution is 2.29. The molecule has 0 bridgehead atoms. The van der Waals surface area contributed by atoms with Crippen molar-refractivity contribution in [3.05, 3.63) is 60.3 Å². The Labute approximate surface area is 130 Å². The summed E-state index contributed by atoms with van der Waals surface area (Å²) in [6, 6.07) is 18.4. The minimum absolute atomic E-state index is 0.217. The number of rotatable bonds is 6. The molecule has 2 rings (SSSR count). The molecule has 0 saturated carbocycles. The number of nitrogens with one attached hydrogen (secondary N) is 1. The first-order valence-electron chi connectivity index (χ1n) is 6.94. The predicted molar refractivity (Wildman–Crippen MR) is 87.0 cm³/mol. The minimum Gasteiger partial charge on any atom is -0.293 e. The van der Waals surface area contributed by atoms with Crippen LogP contribution in [0.15, 0.2) is 59.8 Å². The van der Waals surface area contributed by atoms with Crippen molar-refractivity contribution in [1.82, 2.24) is 10.3 Å². The van der Waals surface area contributed by atoms with Gasteiger partial charge >= 0.3 is 0 Å². The molecule has 0 radical (unpaired) electrons. The van der Waals surface area contributed by atoms with Crippen molar-refractivity contribution in [1.29, 1.82) is 5.26 Å². The van der Waals surface area contributed by atoms with Crippen LogP contribution in [-0.4, -0.2) is 16.8 Å². The lowest BCUT2D eigenvalue weighted by molar-refractivity contribution is 0.425. The van der Waals surface area contributed by atoms with Crippen LogP contribution in [0.25, 0.3) is 0 Å². The summed E-state index contributed by atoms with van der Waals surface area (Å²) in [5.41, 5.74) is 0.280. The predicted octanol–water partition coefficient (Wildman–Crippen LogP) is 3.59. The summed E-state index contributed by atoms with van der Waals surface area (Å²) in [6.45, 7) is 4.11. The molecule has 0 saturated heterocycles. The standard InChI is InChI=1S/C17H19N3S/c1-14(2)20-17(12-18,15-8-4-3-5-9-15)13-21-16-10-6-7-11-19-16/h3-11,14,20H,13H2,1-2H3. The summed E-state index contributed by atoms with van der Waals surface area (Å²) in [7, 11) is 0. The lowest BCUT2D eigenvalue weighted by Crippen LogP contribution is -2.47. The number of nitriles is 1. The largest absolute Gasteiger partial charge is 0.293 e. The summed E-state index contributed by atoms with van der Waals surface area (Å²) < 4.78 is 0.